The molecule has 0 aromatic heterocycles. The molecule has 0 aliphatic carbocycles. The smallest absolute Gasteiger partial charge is 0.259 e. The van der Waals surface area contributed by atoms with Crippen LogP contribution in [0, 0.1) is 0 Å². The first-order valence-corrected chi connectivity index (χ1v) is 12.4. The number of hydrogen-bond acceptors (Lipinski definition) is 7. The van der Waals surface area contributed by atoms with Gasteiger partial charge in [0, 0.05) is 10.6 Å². The minimum absolute atomic E-state index is 0.114. The van der Waals surface area contributed by atoms with Gasteiger partial charge in [-0.1, -0.05) is 23.7 Å². The third-order valence-corrected chi connectivity index (χ3v) is 5.92. The van der Waals surface area contributed by atoms with Gasteiger partial charge in [-0.3, -0.25) is 9.59 Å². The van der Waals surface area contributed by atoms with Crippen LogP contribution in [0.5, 0.6) is 23.0 Å². The number of carbonyl (C=O) groups is 2. The normalized spacial score (nSPS) is 11.9. The third-order valence-electron chi connectivity index (χ3n) is 5.08. The molecule has 11 heteroatoms. The Morgan fingerprint density at radius 2 is 1.86 bits per heavy atom. The number of benzene rings is 3. The van der Waals surface area contributed by atoms with Gasteiger partial charge in [-0.2, -0.15) is 5.10 Å². The first kappa shape index (κ1) is 26.3. The lowest BCUT2D eigenvalue weighted by Gasteiger charge is -2.14. The Kier molecular flexibility index (Phi) is 8.86. The summed E-state index contributed by atoms with van der Waals surface area (Å²) < 4.78 is 22.9. The van der Waals surface area contributed by atoms with Crippen molar-refractivity contribution in [1.82, 2.24) is 10.7 Å². The van der Waals surface area contributed by atoms with E-state index in [2.05, 4.69) is 31.8 Å². The average molecular weight is 589 g/mol. The minimum Gasteiger partial charge on any atom is -0.490 e. The number of hydrogen-bond donors (Lipinski definition) is 2. The van der Waals surface area contributed by atoms with Crippen molar-refractivity contribution in [3.63, 3.8) is 0 Å². The molecule has 0 bridgehead atoms. The van der Waals surface area contributed by atoms with E-state index in [0.717, 1.165) is 5.56 Å². The zero-order valence-electron chi connectivity index (χ0n) is 19.8. The first-order valence-electron chi connectivity index (χ1n) is 11.3. The van der Waals surface area contributed by atoms with E-state index < -0.39 is 11.8 Å². The maximum absolute atomic E-state index is 12.3. The highest BCUT2D eigenvalue weighted by atomic mass is 79.9. The van der Waals surface area contributed by atoms with Crippen molar-refractivity contribution < 1.29 is 28.5 Å². The lowest BCUT2D eigenvalue weighted by Crippen LogP contribution is -2.34. The molecule has 1 heterocycles. The molecule has 0 fully saturated rings. The fourth-order valence-corrected chi connectivity index (χ4v) is 4.02. The van der Waals surface area contributed by atoms with Crippen LogP contribution in [0.1, 0.15) is 28.4 Å². The van der Waals surface area contributed by atoms with Crippen LogP contribution in [0.15, 0.2) is 64.2 Å². The lowest BCUT2D eigenvalue weighted by molar-refractivity contribution is -0.120. The van der Waals surface area contributed by atoms with Gasteiger partial charge in [0.05, 0.1) is 23.8 Å². The van der Waals surface area contributed by atoms with Gasteiger partial charge in [0.25, 0.3) is 11.8 Å². The fourth-order valence-electron chi connectivity index (χ4n) is 3.32. The van der Waals surface area contributed by atoms with E-state index in [4.69, 9.17) is 30.5 Å². The second-order valence-electron chi connectivity index (χ2n) is 7.72. The molecule has 3 aromatic carbocycles. The van der Waals surface area contributed by atoms with Crippen LogP contribution in [-0.2, 0) is 11.4 Å². The Morgan fingerprint density at radius 1 is 1.08 bits per heavy atom. The van der Waals surface area contributed by atoms with Crippen LogP contribution >= 0.6 is 27.5 Å². The zero-order chi connectivity index (χ0) is 26.2. The van der Waals surface area contributed by atoms with E-state index >= 15 is 0 Å². The minimum atomic E-state index is -0.489. The van der Waals surface area contributed by atoms with Crippen LogP contribution in [-0.4, -0.2) is 38.0 Å². The molecule has 2 N–H and O–H groups in total. The zero-order valence-corrected chi connectivity index (χ0v) is 22.1. The molecule has 0 saturated heterocycles. The molecule has 9 nitrogen and oxygen atoms in total. The fraction of sp³-hybridized carbons (Fsp3) is 0.192. The predicted molar refractivity (Wildman–Crippen MR) is 142 cm³/mol. The summed E-state index contributed by atoms with van der Waals surface area (Å²) in [6, 6.07) is 15.7. The molecule has 0 unspecified atom stereocenters. The van der Waals surface area contributed by atoms with Gasteiger partial charge >= 0.3 is 0 Å². The number of amides is 2. The second kappa shape index (κ2) is 12.5. The molecule has 0 radical (unpaired) electrons. The van der Waals surface area contributed by atoms with Gasteiger partial charge in [0.1, 0.15) is 6.61 Å². The van der Waals surface area contributed by atoms with Gasteiger partial charge in [-0.05, 0) is 76.4 Å². The highest BCUT2D eigenvalue weighted by molar-refractivity contribution is 9.10. The number of hydrazone groups is 1. The Balaban J connectivity index is 1.32. The Morgan fingerprint density at radius 3 is 2.65 bits per heavy atom. The highest BCUT2D eigenvalue weighted by Crippen LogP contribution is 2.37. The molecule has 1 aliphatic rings. The summed E-state index contributed by atoms with van der Waals surface area (Å²) in [4.78, 5) is 24.4. The largest absolute Gasteiger partial charge is 0.490 e. The standard InChI is InChI=1S/C26H23BrClN3O6/c1-2-34-23-10-17(9-20(27)25(23)35-14-16-3-6-19(28)7-4-16)12-30-31-24(32)13-29-26(33)18-5-8-21-22(11-18)37-15-36-21/h3-12H,2,13-15H2,1H3,(H,29,33)(H,31,32)/b30-12+. The number of fused-ring (bicyclic) bond motifs is 1. The van der Waals surface area contributed by atoms with E-state index in [0.29, 0.717) is 56.8 Å². The number of nitrogens with one attached hydrogen (secondary N) is 2. The second-order valence-corrected chi connectivity index (χ2v) is 9.01. The van der Waals surface area contributed by atoms with Crippen LogP contribution in [0.4, 0.5) is 0 Å². The topological polar surface area (TPSA) is 107 Å². The van der Waals surface area contributed by atoms with Crippen molar-refractivity contribution in [3.05, 3.63) is 80.8 Å². The highest BCUT2D eigenvalue weighted by Gasteiger charge is 2.17. The Hall–Kier alpha value is -3.76. The van der Waals surface area contributed by atoms with Crippen molar-refractivity contribution in [1.29, 1.82) is 0 Å². The Bertz CT molecular complexity index is 1320. The van der Waals surface area contributed by atoms with Gasteiger partial charge < -0.3 is 24.3 Å². The summed E-state index contributed by atoms with van der Waals surface area (Å²) in [5.74, 6) is 1.22. The summed E-state index contributed by atoms with van der Waals surface area (Å²) >= 11 is 9.46. The monoisotopic (exact) mass is 587 g/mol. The third kappa shape index (κ3) is 7.14. The van der Waals surface area contributed by atoms with Crippen molar-refractivity contribution >= 4 is 45.6 Å². The number of rotatable bonds is 10. The summed E-state index contributed by atoms with van der Waals surface area (Å²) in [6.07, 6.45) is 1.47. The SMILES string of the molecule is CCOc1cc(/C=N/NC(=O)CNC(=O)c2ccc3c(c2)OCO3)cc(Br)c1OCc1ccc(Cl)cc1. The van der Waals surface area contributed by atoms with Crippen LogP contribution < -0.4 is 29.7 Å². The maximum Gasteiger partial charge on any atom is 0.259 e. The van der Waals surface area contributed by atoms with Crippen molar-refractivity contribution in [2.45, 2.75) is 13.5 Å². The number of carbonyl (C=O) groups excluding carboxylic acids is 2. The molecular weight excluding hydrogens is 566 g/mol. The van der Waals surface area contributed by atoms with E-state index in [1.165, 1.54) is 6.21 Å². The van der Waals surface area contributed by atoms with Gasteiger partial charge in [-0.25, -0.2) is 5.43 Å². The number of ether oxygens (including phenoxy) is 4. The van der Waals surface area contributed by atoms with E-state index in [9.17, 15) is 9.59 Å². The first-order chi connectivity index (χ1) is 17.9. The van der Waals surface area contributed by atoms with Crippen molar-refractivity contribution in [2.75, 3.05) is 19.9 Å². The lowest BCUT2D eigenvalue weighted by atomic mass is 10.2. The molecule has 0 atom stereocenters. The van der Waals surface area contributed by atoms with Gasteiger partial charge in [-0.15, -0.1) is 0 Å². The van der Waals surface area contributed by atoms with E-state index in [-0.39, 0.29) is 13.3 Å². The molecular formula is C26H23BrClN3O6. The summed E-state index contributed by atoms with van der Waals surface area (Å²) in [7, 11) is 0. The predicted octanol–water partition coefficient (Wildman–Crippen LogP) is 4.69. The molecule has 2 amide bonds. The summed E-state index contributed by atoms with van der Waals surface area (Å²) in [6.45, 7) is 2.50. The van der Waals surface area contributed by atoms with Crippen LogP contribution in [0.25, 0.3) is 0 Å². The molecule has 37 heavy (non-hydrogen) atoms. The van der Waals surface area contributed by atoms with E-state index in [1.54, 1.807) is 42.5 Å². The Labute approximate surface area is 226 Å². The van der Waals surface area contributed by atoms with E-state index in [1.807, 2.05) is 19.1 Å². The summed E-state index contributed by atoms with van der Waals surface area (Å²) in [5.41, 5.74) is 4.37. The molecule has 0 saturated carbocycles. The molecule has 3 aromatic rings. The quantitative estimate of drug-likeness (QED) is 0.263. The van der Waals surface area contributed by atoms with Crippen LogP contribution in [0.3, 0.4) is 0 Å². The molecule has 0 spiro atoms. The molecule has 192 valence electrons. The van der Waals surface area contributed by atoms with Crippen molar-refractivity contribution in [3.8, 4) is 23.0 Å². The molecule has 4 rings (SSSR count). The van der Waals surface area contributed by atoms with Gasteiger partial charge in [0.2, 0.25) is 6.79 Å². The number of halogens is 2. The van der Waals surface area contributed by atoms with Crippen LogP contribution in [0.2, 0.25) is 5.02 Å². The average Bonchev–Trinajstić information content (AvgIpc) is 3.36. The summed E-state index contributed by atoms with van der Waals surface area (Å²) in [5, 5.41) is 7.17. The maximum atomic E-state index is 12.3. The van der Waals surface area contributed by atoms with Gasteiger partial charge in [0.15, 0.2) is 23.0 Å². The molecule has 1 aliphatic heterocycles. The number of nitrogens with zero attached hydrogens (tertiary/aromatic N) is 1. The van der Waals surface area contributed by atoms with Crippen molar-refractivity contribution in [2.24, 2.45) is 5.10 Å².